The average Bonchev–Trinajstić information content (AvgIpc) is 2.81. The van der Waals surface area contributed by atoms with Gasteiger partial charge in [-0.05, 0) is 48.9 Å². The van der Waals surface area contributed by atoms with E-state index in [1.807, 2.05) is 60.4 Å². The van der Waals surface area contributed by atoms with Crippen molar-refractivity contribution in [1.29, 1.82) is 0 Å². The number of benzene rings is 3. The van der Waals surface area contributed by atoms with E-state index in [-0.39, 0.29) is 11.8 Å². The third-order valence-corrected chi connectivity index (χ3v) is 5.46. The Bertz CT molecular complexity index is 1030. The molecule has 4 rings (SSSR count). The van der Waals surface area contributed by atoms with Crippen LogP contribution in [0.25, 0.3) is 0 Å². The van der Waals surface area contributed by atoms with Gasteiger partial charge in [0.15, 0.2) is 0 Å². The Labute approximate surface area is 176 Å². The van der Waals surface area contributed by atoms with Crippen LogP contribution in [0.15, 0.2) is 78.9 Å². The molecule has 1 fully saturated rings. The number of hydrogen-bond acceptors (Lipinski definition) is 3. The molecule has 1 saturated heterocycles. The molecule has 0 aliphatic carbocycles. The number of para-hydroxylation sites is 1. The second kappa shape index (κ2) is 8.82. The third kappa shape index (κ3) is 4.35. The summed E-state index contributed by atoms with van der Waals surface area (Å²) in [5.74, 6) is -0.183. The van der Waals surface area contributed by atoms with Gasteiger partial charge in [0.1, 0.15) is 0 Å². The average molecular weight is 399 g/mol. The van der Waals surface area contributed by atoms with E-state index in [0.29, 0.717) is 29.9 Å². The lowest BCUT2D eigenvalue weighted by molar-refractivity contribution is 0.0746. The minimum absolute atomic E-state index is 0.00192. The Balaban J connectivity index is 1.43. The maximum atomic E-state index is 13.1. The lowest BCUT2D eigenvalue weighted by Crippen LogP contribution is -2.48. The van der Waals surface area contributed by atoms with Gasteiger partial charge in [-0.15, -0.1) is 0 Å². The molecule has 1 heterocycles. The number of amides is 2. The molecular formula is C25H25N3O2. The largest absolute Gasteiger partial charge is 0.368 e. The molecule has 1 N–H and O–H groups in total. The summed E-state index contributed by atoms with van der Waals surface area (Å²) in [6, 6.07) is 24.8. The molecule has 5 nitrogen and oxygen atoms in total. The standard InChI is InChI=1S/C25H25N3O2/c1-19-12-13-21(18-23(19)26-24(29)20-8-4-2-5-9-20)25(30)28-16-14-27(15-17-28)22-10-6-3-7-11-22/h2-13,18H,14-17H2,1H3,(H,26,29). The summed E-state index contributed by atoms with van der Waals surface area (Å²) in [7, 11) is 0. The molecule has 0 atom stereocenters. The maximum Gasteiger partial charge on any atom is 0.255 e. The van der Waals surface area contributed by atoms with E-state index in [2.05, 4.69) is 22.3 Å². The molecule has 0 aromatic heterocycles. The minimum Gasteiger partial charge on any atom is -0.368 e. The summed E-state index contributed by atoms with van der Waals surface area (Å²) in [6.45, 7) is 4.88. The Morgan fingerprint density at radius 2 is 1.40 bits per heavy atom. The number of hydrogen-bond donors (Lipinski definition) is 1. The SMILES string of the molecule is Cc1ccc(C(=O)N2CCN(c3ccccc3)CC2)cc1NC(=O)c1ccccc1. The van der Waals surface area contributed by atoms with Gasteiger partial charge in [0.2, 0.25) is 0 Å². The molecule has 0 radical (unpaired) electrons. The quantitative estimate of drug-likeness (QED) is 0.715. The highest BCUT2D eigenvalue weighted by atomic mass is 16.2. The van der Waals surface area contributed by atoms with Crippen molar-refractivity contribution in [3.8, 4) is 0 Å². The topological polar surface area (TPSA) is 52.7 Å². The van der Waals surface area contributed by atoms with Gasteiger partial charge in [-0.25, -0.2) is 0 Å². The molecule has 3 aromatic carbocycles. The predicted molar refractivity (Wildman–Crippen MR) is 120 cm³/mol. The first-order chi connectivity index (χ1) is 14.6. The van der Waals surface area contributed by atoms with Crippen LogP contribution in [0.2, 0.25) is 0 Å². The van der Waals surface area contributed by atoms with Crippen LogP contribution >= 0.6 is 0 Å². The monoisotopic (exact) mass is 399 g/mol. The molecular weight excluding hydrogens is 374 g/mol. The Kier molecular flexibility index (Phi) is 5.80. The van der Waals surface area contributed by atoms with Crippen LogP contribution in [0, 0.1) is 6.92 Å². The van der Waals surface area contributed by atoms with E-state index in [9.17, 15) is 9.59 Å². The molecule has 0 spiro atoms. The molecule has 3 aromatic rings. The number of carbonyl (C=O) groups is 2. The van der Waals surface area contributed by atoms with Gasteiger partial charge in [0, 0.05) is 48.7 Å². The molecule has 1 aliphatic rings. The fourth-order valence-corrected chi connectivity index (χ4v) is 3.66. The number of aryl methyl sites for hydroxylation is 1. The van der Waals surface area contributed by atoms with Crippen LogP contribution in [0.1, 0.15) is 26.3 Å². The molecule has 2 amide bonds. The van der Waals surface area contributed by atoms with Gasteiger partial charge < -0.3 is 15.1 Å². The smallest absolute Gasteiger partial charge is 0.255 e. The number of nitrogens with zero attached hydrogens (tertiary/aromatic N) is 2. The second-order valence-electron chi connectivity index (χ2n) is 7.46. The predicted octanol–water partition coefficient (Wildman–Crippen LogP) is 4.21. The van der Waals surface area contributed by atoms with Crippen molar-refractivity contribution < 1.29 is 9.59 Å². The van der Waals surface area contributed by atoms with Gasteiger partial charge in [0.25, 0.3) is 11.8 Å². The van der Waals surface area contributed by atoms with Crippen molar-refractivity contribution in [3.05, 3.63) is 95.6 Å². The van der Waals surface area contributed by atoms with Crippen molar-refractivity contribution in [2.45, 2.75) is 6.92 Å². The summed E-state index contributed by atoms with van der Waals surface area (Å²) >= 11 is 0. The summed E-state index contributed by atoms with van der Waals surface area (Å²) in [5, 5.41) is 2.94. The van der Waals surface area contributed by atoms with Gasteiger partial charge >= 0.3 is 0 Å². The first-order valence-electron chi connectivity index (χ1n) is 10.2. The second-order valence-corrected chi connectivity index (χ2v) is 7.46. The normalized spacial score (nSPS) is 13.8. The maximum absolute atomic E-state index is 13.1. The van der Waals surface area contributed by atoms with E-state index in [1.54, 1.807) is 18.2 Å². The van der Waals surface area contributed by atoms with Crippen molar-refractivity contribution in [2.24, 2.45) is 0 Å². The highest BCUT2D eigenvalue weighted by molar-refractivity contribution is 6.05. The first kappa shape index (κ1) is 19.7. The van der Waals surface area contributed by atoms with Crippen molar-refractivity contribution in [2.75, 3.05) is 36.4 Å². The number of anilines is 2. The third-order valence-electron chi connectivity index (χ3n) is 5.46. The van der Waals surface area contributed by atoms with E-state index >= 15 is 0 Å². The first-order valence-corrected chi connectivity index (χ1v) is 10.2. The zero-order valence-corrected chi connectivity index (χ0v) is 17.0. The molecule has 0 unspecified atom stereocenters. The van der Waals surface area contributed by atoms with Crippen molar-refractivity contribution >= 4 is 23.2 Å². The summed E-state index contributed by atoms with van der Waals surface area (Å²) in [5.41, 5.74) is 3.95. The summed E-state index contributed by atoms with van der Waals surface area (Å²) in [4.78, 5) is 29.7. The highest BCUT2D eigenvalue weighted by Gasteiger charge is 2.23. The molecule has 0 saturated carbocycles. The van der Waals surface area contributed by atoms with Crippen molar-refractivity contribution in [3.63, 3.8) is 0 Å². The molecule has 30 heavy (non-hydrogen) atoms. The Morgan fingerprint density at radius 3 is 2.07 bits per heavy atom. The fourth-order valence-electron chi connectivity index (χ4n) is 3.66. The molecule has 152 valence electrons. The van der Waals surface area contributed by atoms with Crippen molar-refractivity contribution in [1.82, 2.24) is 4.90 Å². The van der Waals surface area contributed by atoms with E-state index in [1.165, 1.54) is 5.69 Å². The van der Waals surface area contributed by atoms with Crippen LogP contribution in [0.5, 0.6) is 0 Å². The number of nitrogens with one attached hydrogen (secondary N) is 1. The summed E-state index contributed by atoms with van der Waals surface area (Å²) < 4.78 is 0. The molecule has 1 aliphatic heterocycles. The number of rotatable bonds is 4. The summed E-state index contributed by atoms with van der Waals surface area (Å²) in [6.07, 6.45) is 0. The van der Waals surface area contributed by atoms with Crippen LogP contribution in [-0.2, 0) is 0 Å². The molecule has 0 bridgehead atoms. The van der Waals surface area contributed by atoms with Crippen LogP contribution in [0.3, 0.4) is 0 Å². The van der Waals surface area contributed by atoms with Crippen LogP contribution in [0.4, 0.5) is 11.4 Å². The van der Waals surface area contributed by atoms with Crippen LogP contribution < -0.4 is 10.2 Å². The zero-order valence-electron chi connectivity index (χ0n) is 17.0. The van der Waals surface area contributed by atoms with Gasteiger partial charge in [-0.2, -0.15) is 0 Å². The Hall–Kier alpha value is -3.60. The van der Waals surface area contributed by atoms with E-state index in [4.69, 9.17) is 0 Å². The van der Waals surface area contributed by atoms with E-state index < -0.39 is 0 Å². The van der Waals surface area contributed by atoms with Gasteiger partial charge in [-0.3, -0.25) is 9.59 Å². The fraction of sp³-hybridized carbons (Fsp3) is 0.200. The van der Waals surface area contributed by atoms with Gasteiger partial charge in [-0.1, -0.05) is 42.5 Å². The lowest BCUT2D eigenvalue weighted by atomic mass is 10.1. The minimum atomic E-state index is -0.181. The van der Waals surface area contributed by atoms with E-state index in [0.717, 1.165) is 18.7 Å². The zero-order chi connectivity index (χ0) is 20.9. The van der Waals surface area contributed by atoms with Crippen LogP contribution in [-0.4, -0.2) is 42.9 Å². The molecule has 5 heteroatoms. The van der Waals surface area contributed by atoms with Gasteiger partial charge in [0.05, 0.1) is 0 Å². The number of piperazine rings is 1. The Morgan fingerprint density at radius 1 is 0.767 bits per heavy atom. The number of carbonyl (C=O) groups excluding carboxylic acids is 2. The highest BCUT2D eigenvalue weighted by Crippen LogP contribution is 2.21. The lowest BCUT2D eigenvalue weighted by Gasteiger charge is -2.36.